The summed E-state index contributed by atoms with van der Waals surface area (Å²) >= 11 is 0. The molecule has 0 bridgehead atoms. The van der Waals surface area contributed by atoms with E-state index in [9.17, 15) is 8.42 Å². The number of nitrogens with zero attached hydrogens (tertiary/aromatic N) is 1. The van der Waals surface area contributed by atoms with Crippen LogP contribution >= 0.6 is 0 Å². The Morgan fingerprint density at radius 2 is 1.90 bits per heavy atom. The van der Waals surface area contributed by atoms with Gasteiger partial charge in [0.25, 0.3) is 0 Å². The Labute approximate surface area is 124 Å². The molecule has 1 aliphatic heterocycles. The average Bonchev–Trinajstić information content (AvgIpc) is 2.34. The summed E-state index contributed by atoms with van der Waals surface area (Å²) < 4.78 is 25.0. The molecule has 0 aromatic heterocycles. The van der Waals surface area contributed by atoms with Crippen LogP contribution < -0.4 is 5.32 Å². The van der Waals surface area contributed by atoms with Gasteiger partial charge in [-0.1, -0.05) is 13.8 Å². The second kappa shape index (κ2) is 6.75. The van der Waals surface area contributed by atoms with Gasteiger partial charge in [-0.3, -0.25) is 0 Å². The minimum atomic E-state index is -3.00. The zero-order chi connectivity index (χ0) is 14.8. The van der Waals surface area contributed by atoms with E-state index in [0.29, 0.717) is 12.0 Å². The zero-order valence-electron chi connectivity index (χ0n) is 13.1. The molecule has 3 atom stereocenters. The highest BCUT2D eigenvalue weighted by molar-refractivity contribution is 7.88. The van der Waals surface area contributed by atoms with E-state index < -0.39 is 10.0 Å². The van der Waals surface area contributed by atoms with Gasteiger partial charge in [0, 0.05) is 19.1 Å². The topological polar surface area (TPSA) is 49.4 Å². The Bertz CT molecular complexity index is 408. The highest BCUT2D eigenvalue weighted by atomic mass is 32.2. The molecule has 20 heavy (non-hydrogen) atoms. The monoisotopic (exact) mass is 302 g/mol. The standard InChI is InChI=1S/C15H30N2O2S/c1-12(2)16-10-15-7-6-14(15)9-13-5-4-8-17(11-13)20(3,18)19/h12-16H,4-11H2,1-3H3. The number of sulfonamides is 1. The number of hydrogen-bond donors (Lipinski definition) is 1. The summed E-state index contributed by atoms with van der Waals surface area (Å²) in [6, 6.07) is 0.562. The van der Waals surface area contributed by atoms with Gasteiger partial charge in [-0.2, -0.15) is 0 Å². The van der Waals surface area contributed by atoms with E-state index >= 15 is 0 Å². The fourth-order valence-electron chi connectivity index (χ4n) is 3.55. The highest BCUT2D eigenvalue weighted by Gasteiger charge is 2.34. The summed E-state index contributed by atoms with van der Waals surface area (Å²) in [6.45, 7) is 6.99. The Hall–Kier alpha value is -0.130. The van der Waals surface area contributed by atoms with Gasteiger partial charge >= 0.3 is 0 Å². The molecule has 118 valence electrons. The van der Waals surface area contributed by atoms with Crippen molar-refractivity contribution in [2.24, 2.45) is 17.8 Å². The molecule has 5 heteroatoms. The lowest BCUT2D eigenvalue weighted by Crippen LogP contribution is -2.42. The molecule has 2 fully saturated rings. The first kappa shape index (κ1) is 16.2. The van der Waals surface area contributed by atoms with Crippen molar-refractivity contribution in [2.75, 3.05) is 25.9 Å². The van der Waals surface area contributed by atoms with Gasteiger partial charge in [0.05, 0.1) is 6.26 Å². The number of piperidine rings is 1. The largest absolute Gasteiger partial charge is 0.314 e. The zero-order valence-corrected chi connectivity index (χ0v) is 14.0. The van der Waals surface area contributed by atoms with Crippen LogP contribution in [-0.4, -0.2) is 44.7 Å². The maximum absolute atomic E-state index is 11.7. The summed E-state index contributed by atoms with van der Waals surface area (Å²) in [5, 5.41) is 3.54. The molecule has 0 spiro atoms. The minimum Gasteiger partial charge on any atom is -0.314 e. The summed E-state index contributed by atoms with van der Waals surface area (Å²) in [5.74, 6) is 2.20. The lowest BCUT2D eigenvalue weighted by molar-refractivity contribution is 0.115. The van der Waals surface area contributed by atoms with Crippen LogP contribution in [0.3, 0.4) is 0 Å². The van der Waals surface area contributed by atoms with Crippen molar-refractivity contribution in [1.29, 1.82) is 0 Å². The maximum atomic E-state index is 11.7. The molecule has 0 aromatic carbocycles. The van der Waals surface area contributed by atoms with Gasteiger partial charge in [0.1, 0.15) is 0 Å². The van der Waals surface area contributed by atoms with Crippen molar-refractivity contribution in [3.63, 3.8) is 0 Å². The molecule has 2 rings (SSSR count). The van der Waals surface area contributed by atoms with Gasteiger partial charge in [0.2, 0.25) is 10.0 Å². The third-order valence-electron chi connectivity index (χ3n) is 4.95. The van der Waals surface area contributed by atoms with Crippen molar-refractivity contribution < 1.29 is 8.42 Å². The first-order chi connectivity index (χ1) is 9.36. The van der Waals surface area contributed by atoms with E-state index in [-0.39, 0.29) is 0 Å². The normalized spacial score (nSPS) is 32.3. The van der Waals surface area contributed by atoms with Crippen LogP contribution in [0.1, 0.15) is 46.0 Å². The summed E-state index contributed by atoms with van der Waals surface area (Å²) in [7, 11) is -3.00. The molecule has 1 aliphatic carbocycles. The van der Waals surface area contributed by atoms with Crippen molar-refractivity contribution in [1.82, 2.24) is 9.62 Å². The van der Waals surface area contributed by atoms with E-state index in [1.807, 2.05) is 0 Å². The Morgan fingerprint density at radius 3 is 2.45 bits per heavy atom. The minimum absolute atomic E-state index is 0.562. The fraction of sp³-hybridized carbons (Fsp3) is 1.00. The van der Waals surface area contributed by atoms with Crippen LogP contribution in [0.25, 0.3) is 0 Å². The molecule has 2 aliphatic rings. The molecule has 4 nitrogen and oxygen atoms in total. The number of rotatable bonds is 6. The second-order valence-electron chi connectivity index (χ2n) is 7.03. The molecular formula is C15H30N2O2S. The lowest BCUT2D eigenvalue weighted by atomic mass is 9.68. The van der Waals surface area contributed by atoms with Crippen LogP contribution in [0.15, 0.2) is 0 Å². The summed E-state index contributed by atoms with van der Waals surface area (Å²) in [6.07, 6.45) is 7.46. The molecule has 0 radical (unpaired) electrons. The second-order valence-corrected chi connectivity index (χ2v) is 9.01. The van der Waals surface area contributed by atoms with Crippen molar-refractivity contribution in [3.8, 4) is 0 Å². The van der Waals surface area contributed by atoms with Crippen molar-refractivity contribution in [2.45, 2.75) is 52.0 Å². The third kappa shape index (κ3) is 4.43. The van der Waals surface area contributed by atoms with Crippen molar-refractivity contribution in [3.05, 3.63) is 0 Å². The summed E-state index contributed by atoms with van der Waals surface area (Å²) in [4.78, 5) is 0. The first-order valence-corrected chi connectivity index (χ1v) is 9.89. The lowest BCUT2D eigenvalue weighted by Gasteiger charge is -2.41. The van der Waals surface area contributed by atoms with Gasteiger partial charge in [-0.15, -0.1) is 0 Å². The summed E-state index contributed by atoms with van der Waals surface area (Å²) in [5.41, 5.74) is 0. The van der Waals surface area contributed by atoms with Crippen LogP contribution in [0.5, 0.6) is 0 Å². The molecule has 1 saturated carbocycles. The number of nitrogens with one attached hydrogen (secondary N) is 1. The van der Waals surface area contributed by atoms with Crippen LogP contribution in [0.4, 0.5) is 0 Å². The molecule has 0 aromatic rings. The Morgan fingerprint density at radius 1 is 1.20 bits per heavy atom. The molecule has 3 unspecified atom stereocenters. The first-order valence-electron chi connectivity index (χ1n) is 8.04. The van der Waals surface area contributed by atoms with Gasteiger partial charge in [-0.05, 0) is 56.4 Å². The quantitative estimate of drug-likeness (QED) is 0.817. The van der Waals surface area contributed by atoms with Gasteiger partial charge < -0.3 is 5.32 Å². The van der Waals surface area contributed by atoms with Gasteiger partial charge in [-0.25, -0.2) is 12.7 Å². The predicted octanol–water partition coefficient (Wildman–Crippen LogP) is 2.07. The van der Waals surface area contributed by atoms with E-state index in [4.69, 9.17) is 0 Å². The molecule has 1 saturated heterocycles. The van der Waals surface area contributed by atoms with E-state index in [1.54, 1.807) is 4.31 Å². The average molecular weight is 302 g/mol. The van der Waals surface area contributed by atoms with E-state index in [1.165, 1.54) is 31.9 Å². The smallest absolute Gasteiger partial charge is 0.211 e. The highest BCUT2D eigenvalue weighted by Crippen LogP contribution is 2.40. The molecule has 0 amide bonds. The molecule has 1 N–H and O–H groups in total. The molecular weight excluding hydrogens is 272 g/mol. The maximum Gasteiger partial charge on any atom is 0.211 e. The van der Waals surface area contributed by atoms with Crippen LogP contribution in [0, 0.1) is 17.8 Å². The fourth-order valence-corrected chi connectivity index (χ4v) is 4.50. The van der Waals surface area contributed by atoms with Crippen LogP contribution in [-0.2, 0) is 10.0 Å². The van der Waals surface area contributed by atoms with Gasteiger partial charge in [0.15, 0.2) is 0 Å². The van der Waals surface area contributed by atoms with E-state index in [2.05, 4.69) is 19.2 Å². The Kier molecular flexibility index (Phi) is 5.49. The molecule has 1 heterocycles. The van der Waals surface area contributed by atoms with Crippen LogP contribution in [0.2, 0.25) is 0 Å². The van der Waals surface area contributed by atoms with Crippen molar-refractivity contribution >= 4 is 10.0 Å². The number of hydrogen-bond acceptors (Lipinski definition) is 3. The third-order valence-corrected chi connectivity index (χ3v) is 6.22. The SMILES string of the molecule is CC(C)NCC1CCC1CC1CCCN(S(C)(=O)=O)C1. The Balaban J connectivity index is 1.78. The van der Waals surface area contributed by atoms with E-state index in [0.717, 1.165) is 37.9 Å². The predicted molar refractivity (Wildman–Crippen MR) is 83.1 cm³/mol.